The monoisotopic (exact) mass is 381 g/mol. The Bertz CT molecular complexity index is 899. The summed E-state index contributed by atoms with van der Waals surface area (Å²) in [6.07, 6.45) is 1.32. The molecular formula is C22H27N3OS. The van der Waals surface area contributed by atoms with Gasteiger partial charge in [-0.15, -0.1) is 0 Å². The van der Waals surface area contributed by atoms with Crippen molar-refractivity contribution >= 4 is 32.6 Å². The molecule has 3 aromatic rings. The molecule has 1 heterocycles. The van der Waals surface area contributed by atoms with Crippen LogP contribution in [0.25, 0.3) is 10.2 Å². The summed E-state index contributed by atoms with van der Waals surface area (Å²) >= 11 is 1.59. The van der Waals surface area contributed by atoms with Crippen molar-refractivity contribution in [2.24, 2.45) is 0 Å². The van der Waals surface area contributed by atoms with Gasteiger partial charge in [0.25, 0.3) is 0 Å². The first-order chi connectivity index (χ1) is 12.9. The largest absolute Gasteiger partial charge is 0.309 e. The highest BCUT2D eigenvalue weighted by atomic mass is 32.1. The van der Waals surface area contributed by atoms with Crippen molar-refractivity contribution in [3.05, 3.63) is 59.2 Å². The van der Waals surface area contributed by atoms with Crippen LogP contribution in [0.5, 0.6) is 0 Å². The van der Waals surface area contributed by atoms with Gasteiger partial charge in [0.15, 0.2) is 5.13 Å². The molecular weight excluding hydrogens is 354 g/mol. The summed E-state index contributed by atoms with van der Waals surface area (Å²) in [5.74, 6) is 0.111. The van der Waals surface area contributed by atoms with Crippen molar-refractivity contribution in [3.8, 4) is 0 Å². The molecule has 4 nitrogen and oxygen atoms in total. The van der Waals surface area contributed by atoms with Crippen molar-refractivity contribution in [2.75, 3.05) is 32.1 Å². The molecule has 0 aliphatic heterocycles. The van der Waals surface area contributed by atoms with Crippen molar-refractivity contribution in [1.82, 2.24) is 9.88 Å². The maximum atomic E-state index is 13.2. The van der Waals surface area contributed by atoms with Crippen molar-refractivity contribution < 1.29 is 4.79 Å². The van der Waals surface area contributed by atoms with E-state index in [0.29, 0.717) is 13.0 Å². The molecule has 3 rings (SSSR count). The van der Waals surface area contributed by atoms with Crippen LogP contribution in [0.15, 0.2) is 42.5 Å². The fraction of sp³-hybridized carbons (Fsp3) is 0.364. The summed E-state index contributed by atoms with van der Waals surface area (Å²) in [7, 11) is 4.11. The number of carbonyl (C=O) groups excluding carboxylic acids is 1. The van der Waals surface area contributed by atoms with Gasteiger partial charge in [-0.3, -0.25) is 9.69 Å². The van der Waals surface area contributed by atoms with E-state index in [1.54, 1.807) is 11.3 Å². The first-order valence-corrected chi connectivity index (χ1v) is 10.1. The van der Waals surface area contributed by atoms with Gasteiger partial charge in [-0.25, -0.2) is 4.98 Å². The Labute approximate surface area is 165 Å². The highest BCUT2D eigenvalue weighted by Crippen LogP contribution is 2.29. The number of amides is 1. The van der Waals surface area contributed by atoms with Crippen molar-refractivity contribution in [1.29, 1.82) is 0 Å². The second kappa shape index (κ2) is 8.63. The lowest BCUT2D eigenvalue weighted by Crippen LogP contribution is -2.34. The fourth-order valence-electron chi connectivity index (χ4n) is 3.15. The number of para-hydroxylation sites is 1. The van der Waals surface area contributed by atoms with Crippen molar-refractivity contribution in [2.45, 2.75) is 26.7 Å². The summed E-state index contributed by atoms with van der Waals surface area (Å²) in [6.45, 7) is 5.77. The minimum Gasteiger partial charge on any atom is -0.309 e. The predicted molar refractivity (Wildman–Crippen MR) is 115 cm³/mol. The van der Waals surface area contributed by atoms with Gasteiger partial charge in [0, 0.05) is 6.54 Å². The van der Waals surface area contributed by atoms with Gasteiger partial charge in [0.2, 0.25) is 5.91 Å². The molecule has 5 heteroatoms. The van der Waals surface area contributed by atoms with E-state index in [4.69, 9.17) is 4.98 Å². The average Bonchev–Trinajstić information content (AvgIpc) is 3.04. The third-order valence-corrected chi connectivity index (χ3v) is 5.70. The number of rotatable bonds is 7. The van der Waals surface area contributed by atoms with Crippen LogP contribution in [0, 0.1) is 13.8 Å². The number of anilines is 1. The molecule has 2 aromatic carbocycles. The van der Waals surface area contributed by atoms with Gasteiger partial charge in [-0.05, 0) is 64.2 Å². The molecule has 1 aromatic heterocycles. The minimum atomic E-state index is 0.111. The second-order valence-electron chi connectivity index (χ2n) is 7.27. The Hall–Kier alpha value is -2.24. The zero-order valence-corrected chi connectivity index (χ0v) is 17.3. The first-order valence-electron chi connectivity index (χ1n) is 9.31. The molecule has 0 aliphatic carbocycles. The van der Waals surface area contributed by atoms with E-state index in [-0.39, 0.29) is 5.91 Å². The van der Waals surface area contributed by atoms with Gasteiger partial charge < -0.3 is 4.90 Å². The van der Waals surface area contributed by atoms with Crippen LogP contribution < -0.4 is 4.90 Å². The number of nitrogens with zero attached hydrogens (tertiary/aromatic N) is 3. The van der Waals surface area contributed by atoms with E-state index in [1.807, 2.05) is 23.1 Å². The first kappa shape index (κ1) is 19.5. The molecule has 142 valence electrons. The lowest BCUT2D eigenvalue weighted by molar-refractivity contribution is -0.118. The quantitative estimate of drug-likeness (QED) is 0.607. The third kappa shape index (κ3) is 4.93. The summed E-state index contributed by atoms with van der Waals surface area (Å²) in [5, 5.41) is 0.796. The standard InChI is InChI=1S/C22H27N3OS/c1-16-10-11-18(17(2)14-16)15-21(26)25(13-7-12-24(3)4)22-23-19-8-5-6-9-20(19)27-22/h5-6,8-11,14H,7,12-13,15H2,1-4H3. The Balaban J connectivity index is 1.84. The highest BCUT2D eigenvalue weighted by Gasteiger charge is 2.20. The van der Waals surface area contributed by atoms with E-state index in [2.05, 4.69) is 57.1 Å². The summed E-state index contributed by atoms with van der Waals surface area (Å²) < 4.78 is 1.12. The number of hydrogen-bond donors (Lipinski definition) is 0. The summed E-state index contributed by atoms with van der Waals surface area (Å²) in [5.41, 5.74) is 4.43. The second-order valence-corrected chi connectivity index (χ2v) is 8.28. The van der Waals surface area contributed by atoms with Gasteiger partial charge in [0.1, 0.15) is 0 Å². The van der Waals surface area contributed by atoms with Crippen LogP contribution in [0.2, 0.25) is 0 Å². The van der Waals surface area contributed by atoms with E-state index < -0.39 is 0 Å². The topological polar surface area (TPSA) is 36.4 Å². The van der Waals surface area contributed by atoms with Crippen LogP contribution in [-0.2, 0) is 11.2 Å². The number of aromatic nitrogens is 1. The van der Waals surface area contributed by atoms with Gasteiger partial charge in [-0.1, -0.05) is 47.2 Å². The van der Waals surface area contributed by atoms with E-state index >= 15 is 0 Å². The molecule has 0 atom stereocenters. The van der Waals surface area contributed by atoms with Crippen LogP contribution in [0.3, 0.4) is 0 Å². The number of aryl methyl sites for hydroxylation is 2. The Morgan fingerprint density at radius 2 is 1.85 bits per heavy atom. The molecule has 0 fully saturated rings. The van der Waals surface area contributed by atoms with E-state index in [1.165, 1.54) is 11.1 Å². The number of benzene rings is 2. The predicted octanol–water partition coefficient (Wildman–Crippen LogP) is 4.44. The number of hydrogen-bond acceptors (Lipinski definition) is 4. The maximum absolute atomic E-state index is 13.2. The Morgan fingerprint density at radius 1 is 1.07 bits per heavy atom. The van der Waals surface area contributed by atoms with Crippen molar-refractivity contribution in [3.63, 3.8) is 0 Å². The molecule has 0 aliphatic rings. The lowest BCUT2D eigenvalue weighted by atomic mass is 10.0. The molecule has 0 saturated heterocycles. The third-order valence-electron chi connectivity index (χ3n) is 4.64. The van der Waals surface area contributed by atoms with Crippen LogP contribution in [0.4, 0.5) is 5.13 Å². The molecule has 0 N–H and O–H groups in total. The Morgan fingerprint density at radius 3 is 2.56 bits per heavy atom. The van der Waals surface area contributed by atoms with Crippen LogP contribution in [0.1, 0.15) is 23.1 Å². The lowest BCUT2D eigenvalue weighted by Gasteiger charge is -2.21. The zero-order valence-electron chi connectivity index (χ0n) is 16.5. The summed E-state index contributed by atoms with van der Waals surface area (Å²) in [6, 6.07) is 14.3. The normalized spacial score (nSPS) is 11.3. The van der Waals surface area contributed by atoms with Gasteiger partial charge in [0.05, 0.1) is 16.6 Å². The molecule has 0 saturated carbocycles. The number of thiazole rings is 1. The fourth-order valence-corrected chi connectivity index (χ4v) is 4.16. The van der Waals surface area contributed by atoms with Gasteiger partial charge in [-0.2, -0.15) is 0 Å². The molecule has 0 unspecified atom stereocenters. The Kier molecular flexibility index (Phi) is 6.24. The smallest absolute Gasteiger partial charge is 0.233 e. The van der Waals surface area contributed by atoms with Crippen LogP contribution >= 0.6 is 11.3 Å². The summed E-state index contributed by atoms with van der Waals surface area (Å²) in [4.78, 5) is 21.9. The van der Waals surface area contributed by atoms with E-state index in [0.717, 1.165) is 33.9 Å². The number of fused-ring (bicyclic) bond motifs is 1. The number of carbonyl (C=O) groups is 1. The van der Waals surface area contributed by atoms with E-state index in [9.17, 15) is 4.79 Å². The van der Waals surface area contributed by atoms with Gasteiger partial charge >= 0.3 is 0 Å². The van der Waals surface area contributed by atoms with Crippen LogP contribution in [-0.4, -0.2) is 43.0 Å². The maximum Gasteiger partial charge on any atom is 0.233 e. The highest BCUT2D eigenvalue weighted by molar-refractivity contribution is 7.22. The molecule has 0 radical (unpaired) electrons. The zero-order chi connectivity index (χ0) is 19.4. The molecule has 0 spiro atoms. The SMILES string of the molecule is Cc1ccc(CC(=O)N(CCCN(C)C)c2nc3ccccc3s2)c(C)c1. The average molecular weight is 382 g/mol. The minimum absolute atomic E-state index is 0.111. The molecule has 27 heavy (non-hydrogen) atoms. The molecule has 0 bridgehead atoms. The molecule has 1 amide bonds.